The molecule has 0 atom stereocenters. The number of carbonyl (C=O) groups is 1. The van der Waals surface area contributed by atoms with Gasteiger partial charge >= 0.3 is 0 Å². The zero-order valence-corrected chi connectivity index (χ0v) is 10.2. The van der Waals surface area contributed by atoms with E-state index in [0.29, 0.717) is 0 Å². The monoisotopic (exact) mass is 235 g/mol. The number of thiol groups is 1. The van der Waals surface area contributed by atoms with Crippen LogP contribution in [0.15, 0.2) is 29.2 Å². The van der Waals surface area contributed by atoms with Gasteiger partial charge in [0.1, 0.15) is 0 Å². The number of benzene rings is 1. The van der Waals surface area contributed by atoms with Crippen molar-refractivity contribution in [3.8, 4) is 0 Å². The highest BCUT2D eigenvalue weighted by Crippen LogP contribution is 2.14. The fourth-order valence-corrected chi connectivity index (χ4v) is 2.21. The van der Waals surface area contributed by atoms with E-state index in [1.54, 1.807) is 0 Å². The van der Waals surface area contributed by atoms with Gasteiger partial charge in [0.15, 0.2) is 0 Å². The Bertz CT molecular complexity index is 353. The molecule has 0 N–H and O–H groups in total. The Labute approximate surface area is 102 Å². The van der Waals surface area contributed by atoms with Gasteiger partial charge in [-0.15, -0.1) is 12.6 Å². The summed E-state index contributed by atoms with van der Waals surface area (Å²) in [6, 6.07) is 7.45. The molecular weight excluding hydrogens is 218 g/mol. The minimum atomic E-state index is 0.162. The molecular formula is C13H17NOS. The van der Waals surface area contributed by atoms with Crippen LogP contribution in [0, 0.1) is 0 Å². The van der Waals surface area contributed by atoms with Crippen molar-refractivity contribution < 1.29 is 4.79 Å². The number of rotatable bonds is 1. The standard InChI is InChI=1S/C13H17NOS/c15-13(11-5-7-12(16)8-6-11)14-9-3-1-2-4-10-14/h5-8,16H,1-4,9-10H2. The van der Waals surface area contributed by atoms with Crippen molar-refractivity contribution in [3.05, 3.63) is 29.8 Å². The first-order valence-corrected chi connectivity index (χ1v) is 6.30. The molecule has 2 rings (SSSR count). The van der Waals surface area contributed by atoms with Crippen molar-refractivity contribution in [2.75, 3.05) is 13.1 Å². The van der Waals surface area contributed by atoms with Crippen molar-refractivity contribution in [1.29, 1.82) is 0 Å². The van der Waals surface area contributed by atoms with Gasteiger partial charge in [0.2, 0.25) is 0 Å². The van der Waals surface area contributed by atoms with E-state index < -0.39 is 0 Å². The van der Waals surface area contributed by atoms with E-state index in [2.05, 4.69) is 12.6 Å². The van der Waals surface area contributed by atoms with E-state index in [1.807, 2.05) is 29.2 Å². The number of likely N-dealkylation sites (tertiary alicyclic amines) is 1. The molecule has 1 aromatic carbocycles. The highest BCUT2D eigenvalue weighted by Gasteiger charge is 2.16. The third kappa shape index (κ3) is 2.79. The molecule has 1 saturated heterocycles. The summed E-state index contributed by atoms with van der Waals surface area (Å²) in [5.41, 5.74) is 0.778. The second-order valence-corrected chi connectivity index (χ2v) is 4.77. The van der Waals surface area contributed by atoms with Gasteiger partial charge < -0.3 is 4.90 Å². The van der Waals surface area contributed by atoms with Crippen LogP contribution in [-0.2, 0) is 0 Å². The summed E-state index contributed by atoms with van der Waals surface area (Å²) in [6.45, 7) is 1.81. The van der Waals surface area contributed by atoms with Gasteiger partial charge in [0.05, 0.1) is 0 Å². The molecule has 1 amide bonds. The van der Waals surface area contributed by atoms with Crippen molar-refractivity contribution in [2.24, 2.45) is 0 Å². The minimum Gasteiger partial charge on any atom is -0.339 e. The molecule has 2 nitrogen and oxygen atoms in total. The van der Waals surface area contributed by atoms with Crippen LogP contribution in [0.5, 0.6) is 0 Å². The van der Waals surface area contributed by atoms with E-state index >= 15 is 0 Å². The van der Waals surface area contributed by atoms with E-state index in [4.69, 9.17) is 0 Å². The Morgan fingerprint density at radius 1 is 1.00 bits per heavy atom. The maximum atomic E-state index is 12.2. The number of hydrogen-bond acceptors (Lipinski definition) is 2. The Morgan fingerprint density at radius 3 is 2.12 bits per heavy atom. The van der Waals surface area contributed by atoms with Crippen molar-refractivity contribution in [1.82, 2.24) is 4.90 Å². The van der Waals surface area contributed by atoms with Gasteiger partial charge in [0.25, 0.3) is 5.91 Å². The molecule has 1 aliphatic rings. The van der Waals surface area contributed by atoms with Gasteiger partial charge in [-0.2, -0.15) is 0 Å². The minimum absolute atomic E-state index is 0.162. The smallest absolute Gasteiger partial charge is 0.253 e. The molecule has 1 aliphatic heterocycles. The van der Waals surface area contributed by atoms with Crippen LogP contribution in [0.25, 0.3) is 0 Å². The van der Waals surface area contributed by atoms with Gasteiger partial charge in [-0.1, -0.05) is 12.8 Å². The molecule has 1 heterocycles. The lowest BCUT2D eigenvalue weighted by Crippen LogP contribution is -2.31. The lowest BCUT2D eigenvalue weighted by molar-refractivity contribution is 0.0761. The lowest BCUT2D eigenvalue weighted by Gasteiger charge is -2.20. The molecule has 0 unspecified atom stereocenters. The van der Waals surface area contributed by atoms with E-state index in [0.717, 1.165) is 36.4 Å². The Hall–Kier alpha value is -0.960. The van der Waals surface area contributed by atoms with Gasteiger partial charge in [-0.3, -0.25) is 4.79 Å². The van der Waals surface area contributed by atoms with Crippen LogP contribution in [0.4, 0.5) is 0 Å². The number of nitrogens with zero attached hydrogens (tertiary/aromatic N) is 1. The second-order valence-electron chi connectivity index (χ2n) is 4.25. The molecule has 1 aromatic rings. The molecule has 0 bridgehead atoms. The second kappa shape index (κ2) is 5.39. The van der Waals surface area contributed by atoms with Gasteiger partial charge in [-0.25, -0.2) is 0 Å². The summed E-state index contributed by atoms with van der Waals surface area (Å²) in [6.07, 6.45) is 4.77. The molecule has 0 aromatic heterocycles. The largest absolute Gasteiger partial charge is 0.339 e. The predicted octanol–water partition coefficient (Wildman–Crippen LogP) is 2.99. The first-order chi connectivity index (χ1) is 7.77. The van der Waals surface area contributed by atoms with Crippen molar-refractivity contribution >= 4 is 18.5 Å². The SMILES string of the molecule is O=C(c1ccc(S)cc1)N1CCCCCC1. The average Bonchev–Trinajstić information content (AvgIpc) is 2.57. The molecule has 0 radical (unpaired) electrons. The summed E-state index contributed by atoms with van der Waals surface area (Å²) >= 11 is 4.22. The summed E-state index contributed by atoms with van der Waals surface area (Å²) < 4.78 is 0. The zero-order chi connectivity index (χ0) is 11.4. The molecule has 86 valence electrons. The maximum Gasteiger partial charge on any atom is 0.253 e. The first kappa shape index (κ1) is 11.5. The summed E-state index contributed by atoms with van der Waals surface area (Å²) in [7, 11) is 0. The van der Waals surface area contributed by atoms with E-state index in [-0.39, 0.29) is 5.91 Å². The van der Waals surface area contributed by atoms with Crippen LogP contribution in [0.3, 0.4) is 0 Å². The van der Waals surface area contributed by atoms with Crippen LogP contribution in [0.1, 0.15) is 36.0 Å². The van der Waals surface area contributed by atoms with Crippen molar-refractivity contribution in [2.45, 2.75) is 30.6 Å². The summed E-state index contributed by atoms with van der Waals surface area (Å²) in [4.78, 5) is 15.0. The van der Waals surface area contributed by atoms with Crippen LogP contribution in [-0.4, -0.2) is 23.9 Å². The quantitative estimate of drug-likeness (QED) is 0.742. The zero-order valence-electron chi connectivity index (χ0n) is 9.35. The fraction of sp³-hybridized carbons (Fsp3) is 0.462. The molecule has 16 heavy (non-hydrogen) atoms. The topological polar surface area (TPSA) is 20.3 Å². The summed E-state index contributed by atoms with van der Waals surface area (Å²) in [5, 5.41) is 0. The van der Waals surface area contributed by atoms with E-state index in [9.17, 15) is 4.79 Å². The van der Waals surface area contributed by atoms with Crippen LogP contribution in [0.2, 0.25) is 0 Å². The molecule has 0 aliphatic carbocycles. The van der Waals surface area contributed by atoms with Gasteiger partial charge in [-0.05, 0) is 37.1 Å². The normalized spacial score (nSPS) is 16.9. The van der Waals surface area contributed by atoms with Crippen LogP contribution < -0.4 is 0 Å². The fourth-order valence-electron chi connectivity index (χ4n) is 2.06. The number of carbonyl (C=O) groups excluding carboxylic acids is 1. The van der Waals surface area contributed by atoms with E-state index in [1.165, 1.54) is 12.8 Å². The molecule has 0 saturated carbocycles. The van der Waals surface area contributed by atoms with Crippen LogP contribution >= 0.6 is 12.6 Å². The Morgan fingerprint density at radius 2 is 1.56 bits per heavy atom. The molecule has 1 fully saturated rings. The predicted molar refractivity (Wildman–Crippen MR) is 68.1 cm³/mol. The molecule has 3 heteroatoms. The number of hydrogen-bond donors (Lipinski definition) is 1. The highest BCUT2D eigenvalue weighted by molar-refractivity contribution is 7.80. The highest BCUT2D eigenvalue weighted by atomic mass is 32.1. The third-order valence-corrected chi connectivity index (χ3v) is 3.31. The maximum absolute atomic E-state index is 12.2. The average molecular weight is 235 g/mol. The lowest BCUT2D eigenvalue weighted by atomic mass is 10.2. The summed E-state index contributed by atoms with van der Waals surface area (Å²) in [5.74, 6) is 0.162. The third-order valence-electron chi connectivity index (χ3n) is 3.01. The Balaban J connectivity index is 2.08. The van der Waals surface area contributed by atoms with Crippen molar-refractivity contribution in [3.63, 3.8) is 0 Å². The molecule has 0 spiro atoms. The van der Waals surface area contributed by atoms with Gasteiger partial charge in [0, 0.05) is 23.5 Å². The number of amides is 1. The first-order valence-electron chi connectivity index (χ1n) is 5.86. The Kier molecular flexibility index (Phi) is 3.88.